The Labute approximate surface area is 185 Å². The molecular formula is C20H26F3IN4O. The molecule has 3 rings (SSSR count). The Kier molecular flexibility index (Phi) is 8.81. The van der Waals surface area contributed by atoms with Crippen LogP contribution in [0.5, 0.6) is 0 Å². The van der Waals surface area contributed by atoms with E-state index in [1.165, 1.54) is 25.0 Å². The molecule has 0 bridgehead atoms. The number of hydrogen-bond donors (Lipinski definition) is 2. The van der Waals surface area contributed by atoms with E-state index in [9.17, 15) is 13.2 Å². The van der Waals surface area contributed by atoms with Crippen LogP contribution in [0.2, 0.25) is 0 Å². The van der Waals surface area contributed by atoms with Gasteiger partial charge in [0, 0.05) is 20.1 Å². The summed E-state index contributed by atoms with van der Waals surface area (Å²) in [5.41, 5.74) is 0.101. The second-order valence-electron chi connectivity index (χ2n) is 6.78. The highest BCUT2D eigenvalue weighted by atomic mass is 127. The first-order chi connectivity index (χ1) is 13.5. The lowest BCUT2D eigenvalue weighted by atomic mass is 10.1. The number of aliphatic imine (C=N–C) groups is 1. The topological polar surface area (TPSA) is 52.8 Å². The second-order valence-corrected chi connectivity index (χ2v) is 6.78. The summed E-state index contributed by atoms with van der Waals surface area (Å²) >= 11 is 0. The quantitative estimate of drug-likeness (QED) is 0.335. The van der Waals surface area contributed by atoms with Crippen LogP contribution in [0.3, 0.4) is 0 Å². The van der Waals surface area contributed by atoms with E-state index in [0.29, 0.717) is 19.0 Å². The summed E-state index contributed by atoms with van der Waals surface area (Å²) in [4.78, 5) is 6.59. The van der Waals surface area contributed by atoms with E-state index in [1.807, 2.05) is 12.1 Å². The zero-order valence-electron chi connectivity index (χ0n) is 16.2. The zero-order valence-corrected chi connectivity index (χ0v) is 18.5. The number of nitrogens with zero attached hydrogens (tertiary/aromatic N) is 2. The fourth-order valence-electron chi connectivity index (χ4n) is 3.36. The Morgan fingerprint density at radius 1 is 1.14 bits per heavy atom. The molecule has 1 unspecified atom stereocenters. The number of guanidine groups is 1. The lowest BCUT2D eigenvalue weighted by molar-refractivity contribution is -0.137. The number of halogens is 4. The van der Waals surface area contributed by atoms with Gasteiger partial charge in [-0.3, -0.25) is 9.89 Å². The van der Waals surface area contributed by atoms with Crippen molar-refractivity contribution in [3.63, 3.8) is 0 Å². The maximum Gasteiger partial charge on any atom is 0.416 e. The van der Waals surface area contributed by atoms with Gasteiger partial charge in [-0.25, -0.2) is 0 Å². The molecule has 1 aliphatic heterocycles. The average molecular weight is 522 g/mol. The predicted molar refractivity (Wildman–Crippen MR) is 117 cm³/mol. The lowest BCUT2D eigenvalue weighted by Crippen LogP contribution is -2.42. The minimum Gasteiger partial charge on any atom is -0.468 e. The van der Waals surface area contributed by atoms with E-state index < -0.39 is 11.7 Å². The third-order valence-corrected chi connectivity index (χ3v) is 4.88. The van der Waals surface area contributed by atoms with Gasteiger partial charge in [0.15, 0.2) is 5.96 Å². The summed E-state index contributed by atoms with van der Waals surface area (Å²) in [6.45, 7) is 3.07. The highest BCUT2D eigenvalue weighted by Gasteiger charge is 2.30. The van der Waals surface area contributed by atoms with Crippen LogP contribution >= 0.6 is 24.0 Å². The SMILES string of the molecule is CN=C(NCc1ccc(C(F)(F)F)cc1)NCC(c1ccco1)N1CCCC1.I. The highest BCUT2D eigenvalue weighted by molar-refractivity contribution is 14.0. The molecule has 2 N–H and O–H groups in total. The Morgan fingerprint density at radius 3 is 2.38 bits per heavy atom. The number of benzene rings is 1. The smallest absolute Gasteiger partial charge is 0.416 e. The summed E-state index contributed by atoms with van der Waals surface area (Å²) in [5.74, 6) is 1.50. The van der Waals surface area contributed by atoms with E-state index in [1.54, 1.807) is 13.3 Å². The summed E-state index contributed by atoms with van der Waals surface area (Å²) in [6.07, 6.45) is -0.285. The number of hydrogen-bond acceptors (Lipinski definition) is 3. The molecule has 1 saturated heterocycles. The number of nitrogens with one attached hydrogen (secondary N) is 2. The van der Waals surface area contributed by atoms with Crippen LogP contribution in [0.25, 0.3) is 0 Å². The van der Waals surface area contributed by atoms with Crippen molar-refractivity contribution in [2.45, 2.75) is 31.6 Å². The molecule has 9 heteroatoms. The molecule has 1 aliphatic rings. The minimum atomic E-state index is -4.32. The molecule has 1 fully saturated rings. The molecule has 2 aromatic rings. The fourth-order valence-corrected chi connectivity index (χ4v) is 3.36. The van der Waals surface area contributed by atoms with E-state index in [2.05, 4.69) is 20.5 Å². The van der Waals surface area contributed by atoms with Crippen molar-refractivity contribution in [2.75, 3.05) is 26.7 Å². The fraction of sp³-hybridized carbons (Fsp3) is 0.450. The van der Waals surface area contributed by atoms with Crippen molar-refractivity contribution >= 4 is 29.9 Å². The summed E-state index contributed by atoms with van der Waals surface area (Å²) in [5, 5.41) is 6.44. The summed E-state index contributed by atoms with van der Waals surface area (Å²) in [6, 6.07) is 9.10. The molecular weight excluding hydrogens is 496 g/mol. The first-order valence-electron chi connectivity index (χ1n) is 9.35. The molecule has 0 spiro atoms. The van der Waals surface area contributed by atoms with Crippen molar-refractivity contribution < 1.29 is 17.6 Å². The highest BCUT2D eigenvalue weighted by Crippen LogP contribution is 2.29. The molecule has 1 aromatic carbocycles. The maximum absolute atomic E-state index is 12.7. The van der Waals surface area contributed by atoms with Gasteiger partial charge < -0.3 is 15.1 Å². The maximum atomic E-state index is 12.7. The Balaban J connectivity index is 0.00000300. The van der Waals surface area contributed by atoms with Crippen LogP contribution < -0.4 is 10.6 Å². The van der Waals surface area contributed by atoms with E-state index in [-0.39, 0.29) is 30.0 Å². The van der Waals surface area contributed by atoms with Crippen molar-refractivity contribution in [2.24, 2.45) is 4.99 Å². The van der Waals surface area contributed by atoms with E-state index >= 15 is 0 Å². The van der Waals surface area contributed by atoms with Gasteiger partial charge in [-0.15, -0.1) is 24.0 Å². The second kappa shape index (κ2) is 10.9. The average Bonchev–Trinajstić information content (AvgIpc) is 3.38. The van der Waals surface area contributed by atoms with Gasteiger partial charge in [0.1, 0.15) is 5.76 Å². The summed E-state index contributed by atoms with van der Waals surface area (Å²) in [7, 11) is 1.67. The molecule has 5 nitrogen and oxygen atoms in total. The van der Waals surface area contributed by atoms with Crippen LogP contribution in [-0.2, 0) is 12.7 Å². The third-order valence-electron chi connectivity index (χ3n) is 4.88. The molecule has 1 atom stereocenters. The van der Waals surface area contributed by atoms with Gasteiger partial charge in [-0.05, 0) is 55.8 Å². The Morgan fingerprint density at radius 2 is 1.83 bits per heavy atom. The normalized spacial score (nSPS) is 16.3. The van der Waals surface area contributed by atoms with Crippen LogP contribution in [-0.4, -0.2) is 37.5 Å². The van der Waals surface area contributed by atoms with Crippen molar-refractivity contribution in [3.8, 4) is 0 Å². The summed E-state index contributed by atoms with van der Waals surface area (Å²) < 4.78 is 43.6. The molecule has 0 amide bonds. The van der Waals surface area contributed by atoms with E-state index in [4.69, 9.17) is 4.42 Å². The minimum absolute atomic E-state index is 0. The van der Waals surface area contributed by atoms with Crippen LogP contribution in [0, 0.1) is 0 Å². The van der Waals surface area contributed by atoms with Crippen molar-refractivity contribution in [3.05, 3.63) is 59.5 Å². The number of furan rings is 1. The Hall–Kier alpha value is -1.75. The van der Waals surface area contributed by atoms with Gasteiger partial charge in [0.25, 0.3) is 0 Å². The molecule has 0 radical (unpaired) electrons. The first-order valence-corrected chi connectivity index (χ1v) is 9.35. The van der Waals surface area contributed by atoms with Crippen LogP contribution in [0.15, 0.2) is 52.1 Å². The molecule has 0 saturated carbocycles. The van der Waals surface area contributed by atoms with Crippen LogP contribution in [0.4, 0.5) is 13.2 Å². The first kappa shape index (κ1) is 23.5. The van der Waals surface area contributed by atoms with Gasteiger partial charge in [-0.1, -0.05) is 12.1 Å². The molecule has 29 heavy (non-hydrogen) atoms. The standard InChI is InChI=1S/C20H25F3N4O.HI/c1-24-19(25-13-15-6-8-16(9-7-15)20(21,22)23)26-14-17(18-5-4-12-28-18)27-10-2-3-11-27;/h4-9,12,17H,2-3,10-11,13-14H2,1H3,(H2,24,25,26);1H. The molecule has 2 heterocycles. The molecule has 0 aliphatic carbocycles. The lowest BCUT2D eigenvalue weighted by Gasteiger charge is -2.26. The molecule has 1 aromatic heterocycles. The number of alkyl halides is 3. The van der Waals surface area contributed by atoms with Crippen molar-refractivity contribution in [1.82, 2.24) is 15.5 Å². The van der Waals surface area contributed by atoms with Crippen LogP contribution in [0.1, 0.15) is 35.8 Å². The number of rotatable bonds is 6. The number of likely N-dealkylation sites (tertiary alicyclic amines) is 1. The van der Waals surface area contributed by atoms with Crippen molar-refractivity contribution in [1.29, 1.82) is 0 Å². The monoisotopic (exact) mass is 522 g/mol. The van der Waals surface area contributed by atoms with E-state index in [0.717, 1.165) is 36.5 Å². The van der Waals surface area contributed by atoms with Gasteiger partial charge in [-0.2, -0.15) is 13.2 Å². The largest absolute Gasteiger partial charge is 0.468 e. The zero-order chi connectivity index (χ0) is 20.0. The predicted octanol–water partition coefficient (Wildman–Crippen LogP) is 4.42. The van der Waals surface area contributed by atoms with Gasteiger partial charge in [0.05, 0.1) is 17.9 Å². The van der Waals surface area contributed by atoms with Gasteiger partial charge in [0.2, 0.25) is 0 Å². The Bertz CT molecular complexity index is 757. The third kappa shape index (κ3) is 6.63. The molecule has 160 valence electrons. The van der Waals surface area contributed by atoms with Gasteiger partial charge >= 0.3 is 6.18 Å².